The number of hydrogen-bond donors (Lipinski definition) is 0. The van der Waals surface area contributed by atoms with E-state index in [1.54, 1.807) is 6.08 Å². The molecular weight excluding hydrogens is 371 g/mol. The summed E-state index contributed by atoms with van der Waals surface area (Å²) >= 11 is 0.189. The topological polar surface area (TPSA) is 52.6 Å². The van der Waals surface area contributed by atoms with E-state index in [2.05, 4.69) is 23.7 Å². The van der Waals surface area contributed by atoms with Crippen LogP contribution in [0.4, 0.5) is 0 Å². The maximum atomic E-state index is 12.3. The molecule has 0 spiro atoms. The predicted molar refractivity (Wildman–Crippen MR) is 93.8 cm³/mol. The zero-order valence-electron chi connectivity index (χ0n) is 13.9. The fourth-order valence-electron chi connectivity index (χ4n) is 3.21. The fraction of sp³-hybridized carbons (Fsp3) is 0.368. The minimum atomic E-state index is -0.529. The van der Waals surface area contributed by atoms with Crippen molar-refractivity contribution in [3.05, 3.63) is 54.0 Å². The number of rotatable bonds is 6. The molecule has 0 amide bonds. The van der Waals surface area contributed by atoms with Crippen molar-refractivity contribution < 1.29 is 19.1 Å². The van der Waals surface area contributed by atoms with E-state index in [1.165, 1.54) is 18.7 Å². The molecule has 4 nitrogen and oxygen atoms in total. The molecule has 0 heterocycles. The number of benzene rings is 1. The van der Waals surface area contributed by atoms with E-state index in [9.17, 15) is 9.59 Å². The molecule has 2 rings (SSSR count). The van der Waals surface area contributed by atoms with Crippen LogP contribution in [-0.4, -0.2) is 41.1 Å². The van der Waals surface area contributed by atoms with E-state index in [4.69, 9.17) is 9.47 Å². The van der Waals surface area contributed by atoms with E-state index < -0.39 is 11.8 Å². The van der Waals surface area contributed by atoms with E-state index in [0.717, 1.165) is 0 Å². The van der Waals surface area contributed by atoms with E-state index >= 15 is 0 Å². The number of methoxy groups -OCH3 is 2. The van der Waals surface area contributed by atoms with Gasteiger partial charge in [-0.25, -0.2) is 0 Å². The van der Waals surface area contributed by atoms with Crippen LogP contribution in [0.25, 0.3) is 0 Å². The van der Waals surface area contributed by atoms with Gasteiger partial charge in [-0.3, -0.25) is 0 Å². The third-order valence-corrected chi connectivity index (χ3v) is 6.13. The summed E-state index contributed by atoms with van der Waals surface area (Å²) in [6.45, 7) is 3.81. The summed E-state index contributed by atoms with van der Waals surface area (Å²) in [5.41, 5.74) is 0. The zero-order valence-corrected chi connectivity index (χ0v) is 15.6. The minimum absolute atomic E-state index is 0.0462. The van der Waals surface area contributed by atoms with Crippen LogP contribution in [0.3, 0.4) is 0 Å². The summed E-state index contributed by atoms with van der Waals surface area (Å²) in [7, 11) is 2.70. The van der Waals surface area contributed by atoms with Crippen LogP contribution in [0, 0.1) is 23.7 Å². The van der Waals surface area contributed by atoms with Crippen LogP contribution in [0.5, 0.6) is 0 Å². The molecule has 1 aromatic rings. The Morgan fingerprint density at radius 3 is 2.21 bits per heavy atom. The van der Waals surface area contributed by atoms with Gasteiger partial charge in [0.1, 0.15) is 0 Å². The average Bonchev–Trinajstić information content (AvgIpc) is 2.99. The van der Waals surface area contributed by atoms with Gasteiger partial charge in [-0.15, -0.1) is 0 Å². The van der Waals surface area contributed by atoms with Crippen LogP contribution < -0.4 is 4.46 Å². The molecule has 1 fully saturated rings. The number of carbonyl (C=O) groups excluding carboxylic acids is 2. The Morgan fingerprint density at radius 1 is 1.08 bits per heavy atom. The molecule has 0 radical (unpaired) electrons. The molecule has 0 N–H and O–H groups in total. The van der Waals surface area contributed by atoms with Crippen molar-refractivity contribution in [1.82, 2.24) is 0 Å². The predicted octanol–water partition coefficient (Wildman–Crippen LogP) is 1.93. The number of ether oxygens (including phenoxy) is 2. The van der Waals surface area contributed by atoms with E-state index in [0.29, 0.717) is 6.42 Å². The molecule has 1 saturated carbocycles. The SMILES string of the molecule is C=CC1CC(C=C[Se]c2ccccc2)C(C(=O)OC)C1C(=O)OC. The molecular formula is C19H22O4Se. The van der Waals surface area contributed by atoms with Gasteiger partial charge in [0.25, 0.3) is 0 Å². The second kappa shape index (κ2) is 8.86. The summed E-state index contributed by atoms with van der Waals surface area (Å²) in [5, 5.41) is 0. The Kier molecular flexibility index (Phi) is 6.83. The van der Waals surface area contributed by atoms with Crippen molar-refractivity contribution in [3.8, 4) is 0 Å². The summed E-state index contributed by atoms with van der Waals surface area (Å²) < 4.78 is 11.1. The Balaban J connectivity index is 2.18. The van der Waals surface area contributed by atoms with Gasteiger partial charge in [0.05, 0.1) is 0 Å². The van der Waals surface area contributed by atoms with Gasteiger partial charge in [0.2, 0.25) is 0 Å². The summed E-state index contributed by atoms with van der Waals surface area (Å²) in [5.74, 6) is -1.92. The van der Waals surface area contributed by atoms with Crippen molar-refractivity contribution in [3.63, 3.8) is 0 Å². The summed E-state index contributed by atoms with van der Waals surface area (Å²) in [6, 6.07) is 10.2. The third kappa shape index (κ3) is 4.16. The fourth-order valence-corrected chi connectivity index (χ4v) is 4.79. The van der Waals surface area contributed by atoms with Crippen molar-refractivity contribution in [1.29, 1.82) is 0 Å². The van der Waals surface area contributed by atoms with E-state index in [-0.39, 0.29) is 38.7 Å². The molecule has 0 aromatic heterocycles. The average molecular weight is 393 g/mol. The third-order valence-electron chi connectivity index (χ3n) is 4.38. The molecule has 4 unspecified atom stereocenters. The molecule has 24 heavy (non-hydrogen) atoms. The molecule has 1 aliphatic carbocycles. The molecule has 0 saturated heterocycles. The van der Waals surface area contributed by atoms with Crippen molar-refractivity contribution >= 4 is 31.4 Å². The number of hydrogen-bond acceptors (Lipinski definition) is 4. The summed E-state index contributed by atoms with van der Waals surface area (Å²) in [6.07, 6.45) is 4.49. The Hall–Kier alpha value is -1.84. The standard InChI is InChI=1S/C19H22O4Se/c1-4-13-12-14(10-11-24-15-8-6-5-7-9-15)17(19(21)23-3)16(13)18(20)22-2/h4-11,13-14,16-17H,1,12H2,2-3H3. The van der Waals surface area contributed by atoms with Crippen molar-refractivity contribution in [2.45, 2.75) is 6.42 Å². The molecule has 0 aliphatic heterocycles. The second-order valence-electron chi connectivity index (χ2n) is 5.66. The van der Waals surface area contributed by atoms with Gasteiger partial charge >= 0.3 is 149 Å². The van der Waals surface area contributed by atoms with Crippen molar-refractivity contribution in [2.75, 3.05) is 14.2 Å². The van der Waals surface area contributed by atoms with Gasteiger partial charge in [0.15, 0.2) is 0 Å². The monoisotopic (exact) mass is 394 g/mol. The van der Waals surface area contributed by atoms with Gasteiger partial charge in [0, 0.05) is 0 Å². The molecule has 128 valence electrons. The first-order valence-electron chi connectivity index (χ1n) is 7.79. The van der Waals surface area contributed by atoms with Crippen LogP contribution in [0.15, 0.2) is 54.0 Å². The van der Waals surface area contributed by atoms with Gasteiger partial charge < -0.3 is 0 Å². The first kappa shape index (κ1) is 18.5. The quantitative estimate of drug-likeness (QED) is 0.421. The Morgan fingerprint density at radius 2 is 1.67 bits per heavy atom. The summed E-state index contributed by atoms with van der Waals surface area (Å²) in [4.78, 5) is 26.5. The molecule has 1 aliphatic rings. The molecule has 0 bridgehead atoms. The first-order valence-corrected chi connectivity index (χ1v) is 9.63. The Bertz CT molecular complexity index is 611. The zero-order chi connectivity index (χ0) is 17.5. The molecule has 1 aromatic carbocycles. The van der Waals surface area contributed by atoms with Crippen molar-refractivity contribution in [2.24, 2.45) is 23.7 Å². The number of carbonyl (C=O) groups is 2. The van der Waals surface area contributed by atoms with Crippen LogP contribution in [0.2, 0.25) is 0 Å². The second-order valence-corrected chi connectivity index (χ2v) is 7.71. The number of allylic oxidation sites excluding steroid dienone is 2. The molecule has 4 atom stereocenters. The Labute approximate surface area is 149 Å². The molecule has 5 heteroatoms. The first-order chi connectivity index (χ1) is 11.6. The van der Waals surface area contributed by atoms with Crippen LogP contribution in [0.1, 0.15) is 6.42 Å². The van der Waals surface area contributed by atoms with E-state index in [1.807, 2.05) is 24.3 Å². The van der Waals surface area contributed by atoms with Crippen LogP contribution >= 0.6 is 0 Å². The number of esters is 2. The van der Waals surface area contributed by atoms with Gasteiger partial charge in [-0.05, 0) is 0 Å². The van der Waals surface area contributed by atoms with Crippen LogP contribution in [-0.2, 0) is 19.1 Å². The van der Waals surface area contributed by atoms with Gasteiger partial charge in [-0.1, -0.05) is 0 Å². The maximum absolute atomic E-state index is 12.3. The van der Waals surface area contributed by atoms with Gasteiger partial charge in [-0.2, -0.15) is 0 Å². The normalized spacial score (nSPS) is 26.2.